The molecule has 1 aromatic rings. The Bertz CT molecular complexity index is 629. The van der Waals surface area contributed by atoms with Crippen molar-refractivity contribution in [3.63, 3.8) is 0 Å². The van der Waals surface area contributed by atoms with Gasteiger partial charge in [0.05, 0.1) is 11.3 Å². The molecule has 0 fully saturated rings. The lowest BCUT2D eigenvalue weighted by molar-refractivity contribution is -0.526. The monoisotopic (exact) mass is 273 g/mol. The SMILES string of the molecule is CC1=CC=CC(CC(=O)c2ccc([N+](=O)[O-])cc2)[N+]1=O. The maximum atomic E-state index is 12.1. The van der Waals surface area contributed by atoms with Crippen LogP contribution in [0.3, 0.4) is 0 Å². The number of hydrogen-bond acceptors (Lipinski definition) is 4. The van der Waals surface area contributed by atoms with E-state index < -0.39 is 11.0 Å². The van der Waals surface area contributed by atoms with Crippen molar-refractivity contribution < 1.29 is 14.5 Å². The molecule has 20 heavy (non-hydrogen) atoms. The quantitative estimate of drug-likeness (QED) is 0.365. The number of hydrogen-bond donors (Lipinski definition) is 0. The highest BCUT2D eigenvalue weighted by Crippen LogP contribution is 2.17. The number of nitrogens with zero attached hydrogens (tertiary/aromatic N) is 2. The Morgan fingerprint density at radius 1 is 1.35 bits per heavy atom. The average molecular weight is 273 g/mol. The van der Waals surface area contributed by atoms with Gasteiger partial charge in [-0.2, -0.15) is 0 Å². The van der Waals surface area contributed by atoms with Crippen LogP contribution in [0.25, 0.3) is 0 Å². The summed E-state index contributed by atoms with van der Waals surface area (Å²) in [6.45, 7) is 1.68. The van der Waals surface area contributed by atoms with E-state index in [1.165, 1.54) is 24.3 Å². The fraction of sp³-hybridized carbons (Fsp3) is 0.214. The van der Waals surface area contributed by atoms with Gasteiger partial charge in [0.25, 0.3) is 5.69 Å². The predicted octanol–water partition coefficient (Wildman–Crippen LogP) is 2.79. The van der Waals surface area contributed by atoms with Crippen molar-refractivity contribution in [2.75, 3.05) is 0 Å². The molecule has 102 valence electrons. The summed E-state index contributed by atoms with van der Waals surface area (Å²) >= 11 is 0. The molecule has 6 heteroatoms. The molecule has 0 radical (unpaired) electrons. The summed E-state index contributed by atoms with van der Waals surface area (Å²) in [6, 6.07) is 4.85. The van der Waals surface area contributed by atoms with Crippen LogP contribution in [0.15, 0.2) is 48.2 Å². The normalized spacial score (nSPS) is 17.8. The number of carbonyl (C=O) groups is 1. The summed E-state index contributed by atoms with van der Waals surface area (Å²) in [5.74, 6) is -0.218. The van der Waals surface area contributed by atoms with Gasteiger partial charge >= 0.3 is 0 Å². The molecule has 1 heterocycles. The topological polar surface area (TPSA) is 80.3 Å². The third kappa shape index (κ3) is 2.85. The predicted molar refractivity (Wildman–Crippen MR) is 72.4 cm³/mol. The zero-order valence-corrected chi connectivity index (χ0v) is 10.9. The molecule has 0 saturated heterocycles. The minimum Gasteiger partial charge on any atom is -0.294 e. The van der Waals surface area contributed by atoms with Crippen LogP contribution in [0.5, 0.6) is 0 Å². The average Bonchev–Trinajstić information content (AvgIpc) is 2.44. The summed E-state index contributed by atoms with van der Waals surface area (Å²) in [6.07, 6.45) is 5.14. The fourth-order valence-corrected chi connectivity index (χ4v) is 1.96. The molecule has 0 saturated carbocycles. The molecule has 1 atom stereocenters. The van der Waals surface area contributed by atoms with Crippen molar-refractivity contribution in [1.82, 2.24) is 0 Å². The van der Waals surface area contributed by atoms with Crippen molar-refractivity contribution in [3.8, 4) is 0 Å². The highest BCUT2D eigenvalue weighted by Gasteiger charge is 2.29. The molecular formula is C14H13N2O4+. The molecule has 0 spiro atoms. The van der Waals surface area contributed by atoms with Gasteiger partial charge in [-0.05, 0) is 18.2 Å². The minimum atomic E-state index is -0.525. The first-order chi connectivity index (χ1) is 9.49. The number of nitro groups is 1. The van der Waals surface area contributed by atoms with Gasteiger partial charge in [0.15, 0.2) is 5.78 Å². The first kappa shape index (κ1) is 13.8. The maximum Gasteiger partial charge on any atom is 0.269 e. The van der Waals surface area contributed by atoms with E-state index in [0.29, 0.717) is 11.3 Å². The Hall–Kier alpha value is -2.63. The fourth-order valence-electron chi connectivity index (χ4n) is 1.96. The first-order valence-electron chi connectivity index (χ1n) is 6.08. The van der Waals surface area contributed by atoms with Crippen LogP contribution < -0.4 is 0 Å². The number of rotatable bonds is 4. The van der Waals surface area contributed by atoms with E-state index in [0.717, 1.165) is 4.76 Å². The zero-order valence-electron chi connectivity index (χ0n) is 10.9. The summed E-state index contributed by atoms with van der Waals surface area (Å²) in [4.78, 5) is 33.9. The molecule has 0 aromatic heterocycles. The summed E-state index contributed by atoms with van der Waals surface area (Å²) in [5.41, 5.74) is 0.849. The van der Waals surface area contributed by atoms with Gasteiger partial charge in [-0.25, -0.2) is 0 Å². The van der Waals surface area contributed by atoms with Crippen LogP contribution in [0.1, 0.15) is 23.7 Å². The Morgan fingerprint density at radius 3 is 2.60 bits per heavy atom. The van der Waals surface area contributed by atoms with Gasteiger partial charge < -0.3 is 0 Å². The van der Waals surface area contributed by atoms with E-state index >= 15 is 0 Å². The van der Waals surface area contributed by atoms with Crippen LogP contribution in [-0.2, 0) is 0 Å². The number of nitro benzene ring substituents is 1. The van der Waals surface area contributed by atoms with E-state index in [9.17, 15) is 19.8 Å². The molecular weight excluding hydrogens is 260 g/mol. The molecule has 6 nitrogen and oxygen atoms in total. The Morgan fingerprint density at radius 2 is 2.00 bits per heavy atom. The molecule has 0 bridgehead atoms. The second kappa shape index (κ2) is 5.56. The largest absolute Gasteiger partial charge is 0.294 e. The lowest BCUT2D eigenvalue weighted by Crippen LogP contribution is -2.25. The molecule has 1 unspecified atom stereocenters. The van der Waals surface area contributed by atoms with Crippen LogP contribution in [0, 0.1) is 15.0 Å². The van der Waals surface area contributed by atoms with E-state index in [1.807, 2.05) is 0 Å². The van der Waals surface area contributed by atoms with Crippen LogP contribution in [0.4, 0.5) is 5.69 Å². The Kier molecular flexibility index (Phi) is 3.84. The maximum absolute atomic E-state index is 12.1. The van der Waals surface area contributed by atoms with Gasteiger partial charge in [-0.3, -0.25) is 14.9 Å². The van der Waals surface area contributed by atoms with Crippen LogP contribution in [0.2, 0.25) is 0 Å². The number of ketones is 1. The van der Waals surface area contributed by atoms with Crippen molar-refractivity contribution in [3.05, 3.63) is 68.8 Å². The van der Waals surface area contributed by atoms with Gasteiger partial charge in [0, 0.05) is 40.4 Å². The van der Waals surface area contributed by atoms with Crippen molar-refractivity contribution in [1.29, 1.82) is 0 Å². The molecule has 1 aliphatic rings. The van der Waals surface area contributed by atoms with Gasteiger partial charge in [-0.15, -0.1) is 0 Å². The summed E-state index contributed by atoms with van der Waals surface area (Å²) in [5, 5.41) is 10.5. The number of benzene rings is 1. The third-order valence-electron chi connectivity index (χ3n) is 3.11. The summed E-state index contributed by atoms with van der Waals surface area (Å²) < 4.78 is 0.795. The summed E-state index contributed by atoms with van der Waals surface area (Å²) in [7, 11) is 0. The van der Waals surface area contributed by atoms with Gasteiger partial charge in [-0.1, -0.05) is 6.08 Å². The van der Waals surface area contributed by atoms with Gasteiger partial charge in [0.1, 0.15) is 0 Å². The van der Waals surface area contributed by atoms with E-state index in [-0.39, 0.29) is 17.9 Å². The van der Waals surface area contributed by atoms with E-state index in [4.69, 9.17) is 0 Å². The van der Waals surface area contributed by atoms with Crippen molar-refractivity contribution in [2.45, 2.75) is 19.4 Å². The molecule has 0 N–H and O–H groups in total. The minimum absolute atomic E-state index is 0.0446. The molecule has 1 aromatic carbocycles. The number of allylic oxidation sites excluding steroid dienone is 3. The second-order valence-electron chi connectivity index (χ2n) is 4.52. The Labute approximate surface area is 115 Å². The number of Topliss-reactive ketones (excluding diaryl/α,β-unsaturated/α-hetero) is 1. The number of nitroso groups, excluding NO2 is 1. The lowest BCUT2D eigenvalue weighted by Gasteiger charge is -2.07. The highest BCUT2D eigenvalue weighted by atomic mass is 16.6. The lowest BCUT2D eigenvalue weighted by atomic mass is 10.0. The second-order valence-corrected chi connectivity index (χ2v) is 4.52. The van der Waals surface area contributed by atoms with Crippen molar-refractivity contribution in [2.24, 2.45) is 0 Å². The number of non-ortho nitro benzene ring substituents is 1. The molecule has 1 aliphatic heterocycles. The third-order valence-corrected chi connectivity index (χ3v) is 3.11. The van der Waals surface area contributed by atoms with Crippen LogP contribution >= 0.6 is 0 Å². The van der Waals surface area contributed by atoms with Gasteiger partial charge in [0.2, 0.25) is 11.7 Å². The Balaban J connectivity index is 2.09. The number of carbonyl (C=O) groups excluding carboxylic acids is 1. The van der Waals surface area contributed by atoms with Crippen molar-refractivity contribution >= 4 is 11.5 Å². The molecule has 2 rings (SSSR count). The first-order valence-corrected chi connectivity index (χ1v) is 6.08. The van der Waals surface area contributed by atoms with Crippen LogP contribution in [-0.4, -0.2) is 21.5 Å². The zero-order chi connectivity index (χ0) is 14.7. The standard InChI is InChI=1S/C14H13N2O4/c1-10-3-2-4-13(15(10)18)9-14(17)11-5-7-12(8-6-11)16(19)20/h2-8,13H,9H2,1H3/q+1. The highest BCUT2D eigenvalue weighted by molar-refractivity contribution is 5.96. The molecule has 0 amide bonds. The molecule has 0 aliphatic carbocycles. The van der Waals surface area contributed by atoms with E-state index in [1.54, 1.807) is 25.2 Å². The smallest absolute Gasteiger partial charge is 0.269 e. The van der Waals surface area contributed by atoms with E-state index in [2.05, 4.69) is 0 Å².